The number of rotatable bonds is 5. The third-order valence-corrected chi connectivity index (χ3v) is 4.81. The molecule has 6 nitrogen and oxygen atoms in total. The summed E-state index contributed by atoms with van der Waals surface area (Å²) in [6.07, 6.45) is 0.984. The number of aromatic nitrogens is 2. The molecule has 0 saturated carbocycles. The summed E-state index contributed by atoms with van der Waals surface area (Å²) in [7, 11) is 0. The van der Waals surface area contributed by atoms with Gasteiger partial charge in [-0.1, -0.05) is 28.9 Å². The van der Waals surface area contributed by atoms with Gasteiger partial charge in [0.25, 0.3) is 0 Å². The topological polar surface area (TPSA) is 77.1 Å². The Morgan fingerprint density at radius 1 is 1.07 bits per heavy atom. The van der Waals surface area contributed by atoms with E-state index in [1.807, 2.05) is 49.4 Å². The van der Waals surface area contributed by atoms with Gasteiger partial charge in [-0.2, -0.15) is 0 Å². The second kappa shape index (κ2) is 7.31. The molecule has 142 valence electrons. The van der Waals surface area contributed by atoms with Crippen molar-refractivity contribution in [3.8, 4) is 0 Å². The first-order valence-electron chi connectivity index (χ1n) is 9.28. The van der Waals surface area contributed by atoms with Crippen LogP contribution < -0.4 is 10.7 Å². The van der Waals surface area contributed by atoms with Crippen LogP contribution in [0.25, 0.3) is 21.8 Å². The number of fused-ring (bicyclic) bond motifs is 2. The van der Waals surface area contributed by atoms with Crippen molar-refractivity contribution in [2.75, 3.05) is 5.32 Å². The molecule has 4 aromatic rings. The summed E-state index contributed by atoms with van der Waals surface area (Å²) in [6.45, 7) is 4.39. The number of para-hydroxylation sites is 1. The van der Waals surface area contributed by atoms with E-state index in [4.69, 9.17) is 4.52 Å². The highest BCUT2D eigenvalue weighted by Crippen LogP contribution is 2.21. The minimum absolute atomic E-state index is 0.0460. The highest BCUT2D eigenvalue weighted by Gasteiger charge is 2.12. The molecule has 6 heteroatoms. The summed E-state index contributed by atoms with van der Waals surface area (Å²) in [5.41, 5.74) is 2.87. The van der Waals surface area contributed by atoms with Gasteiger partial charge in [-0.25, -0.2) is 0 Å². The Morgan fingerprint density at radius 2 is 1.86 bits per heavy atom. The maximum absolute atomic E-state index is 12.9. The van der Waals surface area contributed by atoms with Crippen LogP contribution in [0, 0.1) is 13.8 Å². The van der Waals surface area contributed by atoms with Gasteiger partial charge in [0.1, 0.15) is 5.76 Å². The number of pyridine rings is 1. The van der Waals surface area contributed by atoms with E-state index in [1.54, 1.807) is 13.0 Å². The Hall–Kier alpha value is -3.41. The van der Waals surface area contributed by atoms with Crippen molar-refractivity contribution in [1.29, 1.82) is 0 Å². The zero-order valence-electron chi connectivity index (χ0n) is 15.9. The van der Waals surface area contributed by atoms with Crippen LogP contribution in [-0.2, 0) is 11.3 Å². The molecule has 0 bridgehead atoms. The molecule has 2 heterocycles. The Balaban J connectivity index is 1.61. The third kappa shape index (κ3) is 3.41. The summed E-state index contributed by atoms with van der Waals surface area (Å²) in [5, 5.41) is 7.92. The van der Waals surface area contributed by atoms with E-state index in [0.29, 0.717) is 41.7 Å². The number of aryl methyl sites for hydroxylation is 3. The van der Waals surface area contributed by atoms with Gasteiger partial charge in [0.15, 0.2) is 11.2 Å². The summed E-state index contributed by atoms with van der Waals surface area (Å²) in [6, 6.07) is 15.2. The van der Waals surface area contributed by atoms with Gasteiger partial charge in [-0.15, -0.1) is 0 Å². The maximum Gasteiger partial charge on any atom is 0.225 e. The number of amides is 1. The molecule has 1 N–H and O–H groups in total. The molecular weight excluding hydrogens is 354 g/mol. The summed E-state index contributed by atoms with van der Waals surface area (Å²) >= 11 is 0. The van der Waals surface area contributed by atoms with Crippen molar-refractivity contribution < 1.29 is 9.32 Å². The number of nitrogens with one attached hydrogen (secondary N) is 1. The fourth-order valence-corrected chi connectivity index (χ4v) is 3.51. The molecule has 0 saturated heterocycles. The number of hydrogen-bond acceptors (Lipinski definition) is 4. The van der Waals surface area contributed by atoms with Crippen LogP contribution in [0.2, 0.25) is 0 Å². The standard InChI is InChI=1S/C22H21N3O3/c1-14-9-10-19-17(12-14)22(27)16-6-3-4-7-18(16)25(19)11-5-8-21(26)23-20-13-15(2)28-24-20/h3-4,6-7,9-10,12-13H,5,8,11H2,1-2H3,(H,23,24,26). The number of benzene rings is 2. The van der Waals surface area contributed by atoms with E-state index in [9.17, 15) is 9.59 Å². The summed E-state index contributed by atoms with van der Waals surface area (Å²) < 4.78 is 7.08. The van der Waals surface area contributed by atoms with Crippen LogP contribution in [0.15, 0.2) is 57.8 Å². The lowest BCUT2D eigenvalue weighted by Crippen LogP contribution is -2.15. The molecular formula is C22H21N3O3. The molecule has 28 heavy (non-hydrogen) atoms. The number of carbonyl (C=O) groups excluding carboxylic acids is 1. The van der Waals surface area contributed by atoms with Crippen molar-refractivity contribution >= 4 is 33.5 Å². The lowest BCUT2D eigenvalue weighted by Gasteiger charge is -2.15. The lowest BCUT2D eigenvalue weighted by molar-refractivity contribution is -0.116. The summed E-state index contributed by atoms with van der Waals surface area (Å²) in [4.78, 5) is 25.1. The van der Waals surface area contributed by atoms with E-state index in [-0.39, 0.29) is 11.3 Å². The van der Waals surface area contributed by atoms with Gasteiger partial charge in [0.05, 0.1) is 11.0 Å². The van der Waals surface area contributed by atoms with Crippen LogP contribution in [0.4, 0.5) is 5.82 Å². The molecule has 0 unspecified atom stereocenters. The smallest absolute Gasteiger partial charge is 0.225 e. The first kappa shape index (κ1) is 18.0. The van der Waals surface area contributed by atoms with Gasteiger partial charge in [0.2, 0.25) is 5.91 Å². The Morgan fingerprint density at radius 3 is 2.64 bits per heavy atom. The first-order valence-corrected chi connectivity index (χ1v) is 9.28. The molecule has 0 atom stereocenters. The van der Waals surface area contributed by atoms with E-state index >= 15 is 0 Å². The fraction of sp³-hybridized carbons (Fsp3) is 0.227. The summed E-state index contributed by atoms with van der Waals surface area (Å²) in [5.74, 6) is 0.966. The van der Waals surface area contributed by atoms with Gasteiger partial charge in [-0.05, 0) is 44.5 Å². The van der Waals surface area contributed by atoms with E-state index in [1.165, 1.54) is 0 Å². The molecule has 2 aromatic heterocycles. The van der Waals surface area contributed by atoms with Crippen LogP contribution in [0.3, 0.4) is 0 Å². The Kier molecular flexibility index (Phi) is 4.69. The van der Waals surface area contributed by atoms with Gasteiger partial charge in [0, 0.05) is 29.8 Å². The minimum Gasteiger partial charge on any atom is -0.360 e. The normalized spacial score (nSPS) is 11.2. The molecule has 4 rings (SSSR count). The molecule has 0 radical (unpaired) electrons. The number of anilines is 1. The number of nitrogens with zero attached hydrogens (tertiary/aromatic N) is 2. The van der Waals surface area contributed by atoms with Gasteiger partial charge in [-0.3, -0.25) is 9.59 Å². The minimum atomic E-state index is -0.112. The average molecular weight is 375 g/mol. The highest BCUT2D eigenvalue weighted by atomic mass is 16.5. The monoisotopic (exact) mass is 375 g/mol. The van der Waals surface area contributed by atoms with Crippen LogP contribution >= 0.6 is 0 Å². The fourth-order valence-electron chi connectivity index (χ4n) is 3.51. The van der Waals surface area contributed by atoms with Crippen molar-refractivity contribution in [3.63, 3.8) is 0 Å². The quantitative estimate of drug-likeness (QED) is 0.531. The molecule has 2 aromatic carbocycles. The van der Waals surface area contributed by atoms with Crippen LogP contribution in [0.5, 0.6) is 0 Å². The molecule has 0 aliphatic heterocycles. The van der Waals surface area contributed by atoms with Crippen molar-refractivity contribution in [3.05, 3.63) is 70.1 Å². The highest BCUT2D eigenvalue weighted by molar-refractivity contribution is 5.94. The third-order valence-electron chi connectivity index (χ3n) is 4.81. The molecule has 0 aliphatic rings. The zero-order valence-corrected chi connectivity index (χ0v) is 15.9. The Bertz CT molecular complexity index is 1240. The first-order chi connectivity index (χ1) is 13.5. The van der Waals surface area contributed by atoms with Crippen LogP contribution in [0.1, 0.15) is 24.2 Å². The lowest BCUT2D eigenvalue weighted by atomic mass is 10.1. The second-order valence-corrected chi connectivity index (χ2v) is 6.99. The van der Waals surface area contributed by atoms with Crippen molar-refractivity contribution in [2.45, 2.75) is 33.2 Å². The van der Waals surface area contributed by atoms with Crippen LogP contribution in [-0.4, -0.2) is 15.6 Å². The zero-order chi connectivity index (χ0) is 19.7. The molecule has 0 aliphatic carbocycles. The predicted molar refractivity (Wildman–Crippen MR) is 110 cm³/mol. The van der Waals surface area contributed by atoms with E-state index in [0.717, 1.165) is 16.6 Å². The second-order valence-electron chi connectivity index (χ2n) is 6.99. The number of hydrogen-bond donors (Lipinski definition) is 1. The average Bonchev–Trinajstić information content (AvgIpc) is 3.09. The van der Waals surface area contributed by atoms with Gasteiger partial charge < -0.3 is 14.4 Å². The molecule has 0 fully saturated rings. The van der Waals surface area contributed by atoms with Crippen molar-refractivity contribution in [1.82, 2.24) is 9.72 Å². The predicted octanol–water partition coefficient (Wildman–Crippen LogP) is 4.18. The molecule has 0 spiro atoms. The van der Waals surface area contributed by atoms with Gasteiger partial charge >= 0.3 is 0 Å². The van der Waals surface area contributed by atoms with E-state index < -0.39 is 0 Å². The molecule has 1 amide bonds. The van der Waals surface area contributed by atoms with E-state index in [2.05, 4.69) is 15.0 Å². The number of carbonyl (C=O) groups is 1. The van der Waals surface area contributed by atoms with Crippen molar-refractivity contribution in [2.24, 2.45) is 0 Å². The maximum atomic E-state index is 12.9. The largest absolute Gasteiger partial charge is 0.360 e. The SMILES string of the molecule is Cc1ccc2c(c1)c(=O)c1ccccc1n2CCCC(=O)Nc1cc(C)on1. The Labute approximate surface area is 161 Å².